The van der Waals surface area contributed by atoms with E-state index in [-0.39, 0.29) is 16.4 Å². The number of benzene rings is 2. The summed E-state index contributed by atoms with van der Waals surface area (Å²) in [6.07, 6.45) is 1.42. The van der Waals surface area contributed by atoms with Crippen LogP contribution in [-0.4, -0.2) is 31.4 Å². The zero-order valence-electron chi connectivity index (χ0n) is 18.2. The topological polar surface area (TPSA) is 134 Å². The van der Waals surface area contributed by atoms with Crippen molar-refractivity contribution < 1.29 is 17.9 Å². The molecule has 0 aliphatic rings. The third-order valence-electron chi connectivity index (χ3n) is 4.43. The highest BCUT2D eigenvalue weighted by atomic mass is 32.2. The molecule has 0 unspecified atom stereocenters. The summed E-state index contributed by atoms with van der Waals surface area (Å²) in [4.78, 5) is 20.7. The second-order valence-corrected chi connectivity index (χ2v) is 8.65. The van der Waals surface area contributed by atoms with Crippen LogP contribution in [0.1, 0.15) is 17.0 Å². The SMILES string of the molecule is COc1ccccc1/C=C(\C#N)C(=O)Nc1ccc(S(=O)(=O)Nc2nc(C)cc(C)n2)cc1. The average molecular weight is 464 g/mol. The van der Waals surface area contributed by atoms with Crippen molar-refractivity contribution in [1.29, 1.82) is 5.26 Å². The maximum atomic E-state index is 12.6. The van der Waals surface area contributed by atoms with Crippen LogP contribution in [0.5, 0.6) is 5.75 Å². The number of nitrogens with one attached hydrogen (secondary N) is 2. The maximum absolute atomic E-state index is 12.6. The molecule has 0 spiro atoms. The molecule has 0 aliphatic heterocycles. The Balaban J connectivity index is 1.76. The van der Waals surface area contributed by atoms with E-state index in [1.807, 2.05) is 6.07 Å². The van der Waals surface area contributed by atoms with Gasteiger partial charge in [-0.25, -0.2) is 23.1 Å². The Morgan fingerprint density at radius 1 is 1.06 bits per heavy atom. The predicted octanol–water partition coefficient (Wildman–Crippen LogP) is 3.45. The van der Waals surface area contributed by atoms with Crippen LogP contribution in [0.2, 0.25) is 0 Å². The van der Waals surface area contributed by atoms with Crippen molar-refractivity contribution in [3.63, 3.8) is 0 Å². The Morgan fingerprint density at radius 2 is 1.70 bits per heavy atom. The highest BCUT2D eigenvalue weighted by molar-refractivity contribution is 7.92. The Hall–Kier alpha value is -4.23. The fourth-order valence-corrected chi connectivity index (χ4v) is 3.90. The van der Waals surface area contributed by atoms with E-state index >= 15 is 0 Å². The summed E-state index contributed by atoms with van der Waals surface area (Å²) in [6, 6.07) is 16.1. The fourth-order valence-electron chi connectivity index (χ4n) is 2.96. The minimum absolute atomic E-state index is 0.0231. The second-order valence-electron chi connectivity index (χ2n) is 6.97. The van der Waals surface area contributed by atoms with Gasteiger partial charge in [0, 0.05) is 22.6 Å². The molecule has 0 saturated carbocycles. The van der Waals surface area contributed by atoms with Crippen molar-refractivity contribution in [3.05, 3.63) is 77.1 Å². The smallest absolute Gasteiger partial charge is 0.266 e. The number of para-hydroxylation sites is 1. The van der Waals surface area contributed by atoms with E-state index < -0.39 is 15.9 Å². The molecule has 2 aromatic carbocycles. The van der Waals surface area contributed by atoms with Crippen LogP contribution in [0.25, 0.3) is 6.08 Å². The number of ether oxygens (including phenoxy) is 1. The van der Waals surface area contributed by atoms with Gasteiger partial charge in [-0.3, -0.25) is 4.79 Å². The van der Waals surface area contributed by atoms with E-state index in [0.717, 1.165) is 0 Å². The molecule has 33 heavy (non-hydrogen) atoms. The highest BCUT2D eigenvalue weighted by Crippen LogP contribution is 2.21. The number of hydrogen-bond donors (Lipinski definition) is 2. The quantitative estimate of drug-likeness (QED) is 0.405. The number of aryl methyl sites for hydroxylation is 2. The van der Waals surface area contributed by atoms with Crippen LogP contribution in [0.3, 0.4) is 0 Å². The van der Waals surface area contributed by atoms with Crippen molar-refractivity contribution in [2.24, 2.45) is 0 Å². The lowest BCUT2D eigenvalue weighted by molar-refractivity contribution is -0.112. The van der Waals surface area contributed by atoms with Gasteiger partial charge in [-0.05, 0) is 56.3 Å². The molecule has 0 radical (unpaired) electrons. The van der Waals surface area contributed by atoms with Crippen LogP contribution < -0.4 is 14.8 Å². The molecule has 0 saturated heterocycles. The molecule has 0 fully saturated rings. The molecular formula is C23H21N5O4S. The second kappa shape index (κ2) is 9.93. The number of nitrogens with zero attached hydrogens (tertiary/aromatic N) is 3. The Morgan fingerprint density at radius 3 is 2.30 bits per heavy atom. The number of anilines is 2. The minimum Gasteiger partial charge on any atom is -0.496 e. The summed E-state index contributed by atoms with van der Waals surface area (Å²) in [7, 11) is -2.43. The van der Waals surface area contributed by atoms with Crippen molar-refractivity contribution in [3.8, 4) is 11.8 Å². The number of rotatable bonds is 7. The molecule has 3 aromatic rings. The van der Waals surface area contributed by atoms with E-state index in [1.54, 1.807) is 44.2 Å². The summed E-state index contributed by atoms with van der Waals surface area (Å²) in [5.41, 5.74) is 2.03. The maximum Gasteiger partial charge on any atom is 0.266 e. The monoisotopic (exact) mass is 463 g/mol. The van der Waals surface area contributed by atoms with Crippen molar-refractivity contribution in [1.82, 2.24) is 9.97 Å². The molecular weight excluding hydrogens is 442 g/mol. The highest BCUT2D eigenvalue weighted by Gasteiger charge is 2.17. The van der Waals surface area contributed by atoms with Gasteiger partial charge in [0.05, 0.1) is 12.0 Å². The lowest BCUT2D eigenvalue weighted by atomic mass is 10.1. The summed E-state index contributed by atoms with van der Waals surface area (Å²) >= 11 is 0. The summed E-state index contributed by atoms with van der Waals surface area (Å²) < 4.78 is 32.8. The van der Waals surface area contributed by atoms with E-state index in [1.165, 1.54) is 37.5 Å². The lowest BCUT2D eigenvalue weighted by Crippen LogP contribution is -2.16. The molecule has 10 heteroatoms. The molecule has 0 bridgehead atoms. The van der Waals surface area contributed by atoms with Gasteiger partial charge in [0.25, 0.3) is 15.9 Å². The fraction of sp³-hybridized carbons (Fsp3) is 0.130. The van der Waals surface area contributed by atoms with E-state index in [0.29, 0.717) is 28.4 Å². The molecule has 0 aliphatic carbocycles. The summed E-state index contributed by atoms with van der Waals surface area (Å²) in [6.45, 7) is 3.48. The number of sulfonamides is 1. The van der Waals surface area contributed by atoms with Gasteiger partial charge in [0.15, 0.2) is 0 Å². The lowest BCUT2D eigenvalue weighted by Gasteiger charge is -2.09. The van der Waals surface area contributed by atoms with Gasteiger partial charge in [-0.1, -0.05) is 18.2 Å². The van der Waals surface area contributed by atoms with Gasteiger partial charge in [-0.2, -0.15) is 5.26 Å². The Kier molecular flexibility index (Phi) is 7.05. The number of nitriles is 1. The Labute approximate surface area is 191 Å². The first kappa shape index (κ1) is 23.4. The van der Waals surface area contributed by atoms with E-state index in [4.69, 9.17) is 4.74 Å². The van der Waals surface area contributed by atoms with Crippen LogP contribution in [0.4, 0.5) is 11.6 Å². The zero-order chi connectivity index (χ0) is 24.0. The molecule has 9 nitrogen and oxygen atoms in total. The minimum atomic E-state index is -3.93. The first-order valence-electron chi connectivity index (χ1n) is 9.73. The normalized spacial score (nSPS) is 11.4. The molecule has 3 rings (SSSR count). The first-order chi connectivity index (χ1) is 15.7. The van der Waals surface area contributed by atoms with Crippen LogP contribution >= 0.6 is 0 Å². The molecule has 1 amide bonds. The molecule has 2 N–H and O–H groups in total. The predicted molar refractivity (Wildman–Crippen MR) is 124 cm³/mol. The van der Waals surface area contributed by atoms with Crippen LogP contribution in [-0.2, 0) is 14.8 Å². The molecule has 1 aromatic heterocycles. The van der Waals surface area contributed by atoms with Gasteiger partial charge in [0.2, 0.25) is 5.95 Å². The average Bonchev–Trinajstić information content (AvgIpc) is 2.77. The molecule has 0 atom stereocenters. The van der Waals surface area contributed by atoms with Crippen molar-refractivity contribution >= 4 is 33.6 Å². The standard InChI is InChI=1S/C23H21N5O4S/c1-15-12-16(2)26-23(25-15)28-33(30,31)20-10-8-19(9-11-20)27-22(29)18(14-24)13-17-6-4-5-7-21(17)32-3/h4-13H,1-3H3,(H,27,29)(H,25,26,28)/b18-13+. The molecule has 1 heterocycles. The summed E-state index contributed by atoms with van der Waals surface area (Å²) in [5.74, 6) is -0.140. The van der Waals surface area contributed by atoms with Gasteiger partial charge < -0.3 is 10.1 Å². The largest absolute Gasteiger partial charge is 0.496 e. The number of methoxy groups -OCH3 is 1. The third kappa shape index (κ3) is 5.93. The third-order valence-corrected chi connectivity index (χ3v) is 5.78. The number of aromatic nitrogens is 2. The Bertz CT molecular complexity index is 1340. The zero-order valence-corrected chi connectivity index (χ0v) is 19.0. The van der Waals surface area contributed by atoms with E-state index in [9.17, 15) is 18.5 Å². The first-order valence-corrected chi connectivity index (χ1v) is 11.2. The summed E-state index contributed by atoms with van der Waals surface area (Å²) in [5, 5.41) is 12.0. The number of carbonyl (C=O) groups is 1. The van der Waals surface area contributed by atoms with E-state index in [2.05, 4.69) is 20.0 Å². The number of carbonyl (C=O) groups excluding carboxylic acids is 1. The molecule has 168 valence electrons. The van der Waals surface area contributed by atoms with Crippen molar-refractivity contribution in [2.75, 3.05) is 17.1 Å². The van der Waals surface area contributed by atoms with Crippen LogP contribution in [0, 0.1) is 25.2 Å². The number of amides is 1. The van der Waals surface area contributed by atoms with Crippen LogP contribution in [0.15, 0.2) is 65.1 Å². The van der Waals surface area contributed by atoms with Gasteiger partial charge in [0.1, 0.15) is 17.4 Å². The number of hydrogen-bond acceptors (Lipinski definition) is 7. The van der Waals surface area contributed by atoms with Crippen molar-refractivity contribution in [2.45, 2.75) is 18.7 Å². The van der Waals surface area contributed by atoms with Gasteiger partial charge in [-0.15, -0.1) is 0 Å². The van der Waals surface area contributed by atoms with Gasteiger partial charge >= 0.3 is 0 Å².